The maximum absolute atomic E-state index is 12.3. The average Bonchev–Trinajstić information content (AvgIpc) is 2.45. The average molecular weight is 283 g/mol. The zero-order chi connectivity index (χ0) is 15.3. The molecule has 20 heavy (non-hydrogen) atoms. The first-order valence-corrected chi connectivity index (χ1v) is 8.04. The van der Waals surface area contributed by atoms with Crippen LogP contribution >= 0.6 is 0 Å². The molecule has 1 saturated heterocycles. The van der Waals surface area contributed by atoms with Gasteiger partial charge in [-0.1, -0.05) is 6.92 Å². The van der Waals surface area contributed by atoms with Crippen molar-refractivity contribution in [3.05, 3.63) is 0 Å². The molecule has 0 aromatic carbocycles. The summed E-state index contributed by atoms with van der Waals surface area (Å²) in [7, 11) is 2.03. The van der Waals surface area contributed by atoms with E-state index in [4.69, 9.17) is 0 Å². The molecule has 2 atom stereocenters. The van der Waals surface area contributed by atoms with Crippen molar-refractivity contribution in [1.82, 2.24) is 15.5 Å². The second kappa shape index (κ2) is 7.41. The van der Waals surface area contributed by atoms with Gasteiger partial charge in [-0.15, -0.1) is 0 Å². The van der Waals surface area contributed by atoms with Crippen LogP contribution in [0, 0.1) is 5.92 Å². The van der Waals surface area contributed by atoms with Gasteiger partial charge in [-0.3, -0.25) is 9.69 Å². The first-order chi connectivity index (χ1) is 9.30. The third kappa shape index (κ3) is 4.74. The number of carbonyl (C=O) groups excluding carboxylic acids is 1. The summed E-state index contributed by atoms with van der Waals surface area (Å²) < 4.78 is 0. The molecular formula is C16H33N3O. The number of nitrogens with one attached hydrogen (secondary N) is 2. The highest BCUT2D eigenvalue weighted by Gasteiger charge is 2.30. The number of hydrogen-bond donors (Lipinski definition) is 2. The van der Waals surface area contributed by atoms with Crippen molar-refractivity contribution in [3.8, 4) is 0 Å². The highest BCUT2D eigenvalue weighted by molar-refractivity contribution is 5.82. The maximum atomic E-state index is 12.3. The molecule has 4 heteroatoms. The van der Waals surface area contributed by atoms with E-state index in [9.17, 15) is 4.79 Å². The van der Waals surface area contributed by atoms with Crippen LogP contribution in [0.5, 0.6) is 0 Å². The maximum Gasteiger partial charge on any atom is 0.237 e. The van der Waals surface area contributed by atoms with Gasteiger partial charge in [-0.05, 0) is 73.0 Å². The summed E-state index contributed by atoms with van der Waals surface area (Å²) in [6.45, 7) is 12.6. The van der Waals surface area contributed by atoms with Crippen molar-refractivity contribution < 1.29 is 4.79 Å². The molecule has 1 heterocycles. The molecule has 2 unspecified atom stereocenters. The summed E-state index contributed by atoms with van der Waals surface area (Å²) in [4.78, 5) is 14.6. The van der Waals surface area contributed by atoms with Gasteiger partial charge in [0.2, 0.25) is 5.91 Å². The quantitative estimate of drug-likeness (QED) is 0.783. The Kier molecular flexibility index (Phi) is 6.46. The summed E-state index contributed by atoms with van der Waals surface area (Å²) in [6.07, 6.45) is 3.31. The number of nitrogens with zero attached hydrogens (tertiary/aromatic N) is 1. The molecule has 0 aliphatic carbocycles. The molecule has 0 aromatic heterocycles. The number of carbonyl (C=O) groups is 1. The van der Waals surface area contributed by atoms with E-state index in [0.717, 1.165) is 25.4 Å². The minimum Gasteiger partial charge on any atom is -0.350 e. The number of likely N-dealkylation sites (tertiary alicyclic amines) is 1. The monoisotopic (exact) mass is 283 g/mol. The summed E-state index contributed by atoms with van der Waals surface area (Å²) in [5, 5.41) is 6.50. The minimum absolute atomic E-state index is 0.0216. The zero-order valence-electron chi connectivity index (χ0n) is 14.1. The van der Waals surface area contributed by atoms with E-state index in [2.05, 4.69) is 43.2 Å². The van der Waals surface area contributed by atoms with Gasteiger partial charge in [0.15, 0.2) is 0 Å². The molecule has 1 amide bonds. The summed E-state index contributed by atoms with van der Waals surface area (Å²) in [6, 6.07) is 0.548. The van der Waals surface area contributed by atoms with Crippen LogP contribution < -0.4 is 10.6 Å². The van der Waals surface area contributed by atoms with E-state index in [1.807, 2.05) is 14.0 Å². The van der Waals surface area contributed by atoms with Gasteiger partial charge in [0.1, 0.15) is 0 Å². The third-order valence-corrected chi connectivity index (χ3v) is 5.01. The number of rotatable bonds is 6. The Morgan fingerprint density at radius 3 is 2.30 bits per heavy atom. The molecule has 0 spiro atoms. The lowest BCUT2D eigenvalue weighted by atomic mass is 9.89. The fourth-order valence-electron chi connectivity index (χ4n) is 2.73. The normalized spacial score (nSPS) is 21.5. The predicted octanol–water partition coefficient (Wildman–Crippen LogP) is 2.00. The fraction of sp³-hybridized carbons (Fsp3) is 0.938. The zero-order valence-corrected chi connectivity index (χ0v) is 14.1. The highest BCUT2D eigenvalue weighted by Crippen LogP contribution is 2.22. The van der Waals surface area contributed by atoms with Crippen LogP contribution in [0.2, 0.25) is 0 Å². The van der Waals surface area contributed by atoms with Gasteiger partial charge < -0.3 is 10.6 Å². The van der Waals surface area contributed by atoms with Crippen LogP contribution in [0.1, 0.15) is 53.9 Å². The number of hydrogen-bond acceptors (Lipinski definition) is 3. The van der Waals surface area contributed by atoms with Crippen molar-refractivity contribution in [2.45, 2.75) is 71.5 Å². The molecule has 4 nitrogen and oxygen atoms in total. The van der Waals surface area contributed by atoms with Gasteiger partial charge in [0, 0.05) is 11.6 Å². The second-order valence-electron chi connectivity index (χ2n) is 6.85. The Labute approximate surface area is 124 Å². The van der Waals surface area contributed by atoms with Gasteiger partial charge in [0.05, 0.1) is 6.04 Å². The molecule has 118 valence electrons. The topological polar surface area (TPSA) is 44.4 Å². The largest absolute Gasteiger partial charge is 0.350 e. The summed E-state index contributed by atoms with van der Waals surface area (Å²) >= 11 is 0. The van der Waals surface area contributed by atoms with Crippen LogP contribution in [0.25, 0.3) is 0 Å². The van der Waals surface area contributed by atoms with E-state index in [1.54, 1.807) is 0 Å². The molecule has 1 aliphatic heterocycles. The third-order valence-electron chi connectivity index (χ3n) is 5.01. The van der Waals surface area contributed by atoms with Gasteiger partial charge in [-0.25, -0.2) is 0 Å². The molecule has 2 N–H and O–H groups in total. The Morgan fingerprint density at radius 2 is 1.85 bits per heavy atom. The van der Waals surface area contributed by atoms with Crippen molar-refractivity contribution in [3.63, 3.8) is 0 Å². The van der Waals surface area contributed by atoms with Crippen LogP contribution in [-0.4, -0.2) is 48.6 Å². The van der Waals surface area contributed by atoms with Crippen molar-refractivity contribution in [2.75, 3.05) is 20.1 Å². The molecule has 1 rings (SSSR count). The smallest absolute Gasteiger partial charge is 0.237 e. The fourth-order valence-corrected chi connectivity index (χ4v) is 2.73. The summed E-state index contributed by atoms with van der Waals surface area (Å²) in [5.74, 6) is 0.899. The lowest BCUT2D eigenvalue weighted by Crippen LogP contribution is -2.54. The predicted molar refractivity (Wildman–Crippen MR) is 84.8 cm³/mol. The molecule has 1 fully saturated rings. The number of amides is 1. The van der Waals surface area contributed by atoms with Crippen molar-refractivity contribution in [2.24, 2.45) is 5.92 Å². The minimum atomic E-state index is -0.107. The van der Waals surface area contributed by atoms with Gasteiger partial charge in [0.25, 0.3) is 0 Å². The SMILES string of the molecule is CCC(C)(C)NC(=O)C(C)N1CCC(C(C)NC)CC1. The Morgan fingerprint density at radius 1 is 1.30 bits per heavy atom. The molecular weight excluding hydrogens is 250 g/mol. The van der Waals surface area contributed by atoms with Crippen molar-refractivity contribution >= 4 is 5.91 Å². The van der Waals surface area contributed by atoms with E-state index in [-0.39, 0.29) is 17.5 Å². The lowest BCUT2D eigenvalue weighted by Gasteiger charge is -2.38. The first-order valence-electron chi connectivity index (χ1n) is 8.04. The van der Waals surface area contributed by atoms with Crippen LogP contribution in [0.4, 0.5) is 0 Å². The highest BCUT2D eigenvalue weighted by atomic mass is 16.2. The molecule has 1 aliphatic rings. The van der Waals surface area contributed by atoms with Crippen molar-refractivity contribution in [1.29, 1.82) is 0 Å². The first kappa shape index (κ1) is 17.4. The second-order valence-corrected chi connectivity index (χ2v) is 6.85. The number of piperidine rings is 1. The van der Waals surface area contributed by atoms with Crippen LogP contribution in [-0.2, 0) is 4.79 Å². The molecule has 0 aromatic rings. The van der Waals surface area contributed by atoms with Gasteiger partial charge >= 0.3 is 0 Å². The lowest BCUT2D eigenvalue weighted by molar-refractivity contribution is -0.128. The van der Waals surface area contributed by atoms with Crippen LogP contribution in [0.3, 0.4) is 0 Å². The standard InChI is InChI=1S/C16H33N3O/c1-7-16(4,5)18-15(20)13(3)19-10-8-14(9-11-19)12(2)17-6/h12-14,17H,7-11H2,1-6H3,(H,18,20). The van der Waals surface area contributed by atoms with Gasteiger partial charge in [-0.2, -0.15) is 0 Å². The van der Waals surface area contributed by atoms with E-state index in [1.165, 1.54) is 12.8 Å². The van der Waals surface area contributed by atoms with E-state index < -0.39 is 0 Å². The van der Waals surface area contributed by atoms with E-state index in [0.29, 0.717) is 6.04 Å². The molecule has 0 saturated carbocycles. The Balaban J connectivity index is 2.46. The molecule has 0 bridgehead atoms. The Bertz CT molecular complexity index is 309. The van der Waals surface area contributed by atoms with Crippen LogP contribution in [0.15, 0.2) is 0 Å². The summed E-state index contributed by atoms with van der Waals surface area (Å²) in [5.41, 5.74) is -0.107. The van der Waals surface area contributed by atoms with E-state index >= 15 is 0 Å². The Hall–Kier alpha value is -0.610. The molecule has 0 radical (unpaired) electrons.